The first-order valence-electron chi connectivity index (χ1n) is 8.69. The third kappa shape index (κ3) is 3.24. The molecule has 3 aromatic rings. The Morgan fingerprint density at radius 1 is 1.33 bits per heavy atom. The summed E-state index contributed by atoms with van der Waals surface area (Å²) in [4.78, 5) is 23.1. The number of carbonyl (C=O) groups is 1. The Bertz CT molecular complexity index is 959. The van der Waals surface area contributed by atoms with E-state index < -0.39 is 5.91 Å². The van der Waals surface area contributed by atoms with Crippen LogP contribution in [0.15, 0.2) is 24.9 Å². The summed E-state index contributed by atoms with van der Waals surface area (Å²) in [5.41, 5.74) is 8.63. The zero-order valence-electron chi connectivity index (χ0n) is 15.0. The molecule has 0 spiro atoms. The summed E-state index contributed by atoms with van der Waals surface area (Å²) in [6, 6.07) is 0. The molecule has 0 unspecified atom stereocenters. The minimum atomic E-state index is -0.591. The lowest BCUT2D eigenvalue weighted by Gasteiger charge is -2.28. The molecule has 10 heteroatoms. The van der Waals surface area contributed by atoms with Crippen molar-refractivity contribution in [3.63, 3.8) is 0 Å². The van der Waals surface area contributed by atoms with Crippen molar-refractivity contribution >= 4 is 17.2 Å². The summed E-state index contributed by atoms with van der Waals surface area (Å²) < 4.78 is 14.0. The standard InChI is InChI=1S/C17H21N7O3/c1-26-5-4-23-10-12(8-20-23)15-14(16(18)25)21-17-13(9-19-11-24(15)17)22-2-6-27-7-3-22/h8-11H,2-7H2,1H3,(H2,18,25). The third-order valence-electron chi connectivity index (χ3n) is 4.54. The lowest BCUT2D eigenvalue weighted by molar-refractivity contribution is 0.0996. The van der Waals surface area contributed by atoms with Crippen molar-refractivity contribution in [2.45, 2.75) is 6.54 Å². The van der Waals surface area contributed by atoms with Crippen LogP contribution in [0.5, 0.6) is 0 Å². The van der Waals surface area contributed by atoms with Crippen molar-refractivity contribution in [1.29, 1.82) is 0 Å². The summed E-state index contributed by atoms with van der Waals surface area (Å²) in [5.74, 6) is -0.591. The summed E-state index contributed by atoms with van der Waals surface area (Å²) in [7, 11) is 1.64. The van der Waals surface area contributed by atoms with Gasteiger partial charge in [0, 0.05) is 32.0 Å². The Balaban J connectivity index is 1.83. The minimum Gasteiger partial charge on any atom is -0.383 e. The Kier molecular flexibility index (Phi) is 4.73. The van der Waals surface area contributed by atoms with Crippen LogP contribution < -0.4 is 10.6 Å². The van der Waals surface area contributed by atoms with Gasteiger partial charge in [-0.2, -0.15) is 5.10 Å². The zero-order valence-corrected chi connectivity index (χ0v) is 15.0. The highest BCUT2D eigenvalue weighted by Gasteiger charge is 2.24. The Labute approximate surface area is 155 Å². The molecular formula is C17H21N7O3. The largest absolute Gasteiger partial charge is 0.383 e. The van der Waals surface area contributed by atoms with Crippen LogP contribution in [0.25, 0.3) is 16.9 Å². The summed E-state index contributed by atoms with van der Waals surface area (Å²) >= 11 is 0. The van der Waals surface area contributed by atoms with Gasteiger partial charge in [0.05, 0.1) is 50.1 Å². The Morgan fingerprint density at radius 3 is 2.89 bits per heavy atom. The topological polar surface area (TPSA) is 113 Å². The molecule has 0 radical (unpaired) electrons. The van der Waals surface area contributed by atoms with Crippen LogP contribution in [-0.2, 0) is 16.0 Å². The number of morpholine rings is 1. The molecule has 0 atom stereocenters. The molecule has 1 amide bonds. The summed E-state index contributed by atoms with van der Waals surface area (Å²) in [5, 5.41) is 4.33. The van der Waals surface area contributed by atoms with Crippen molar-refractivity contribution in [3.05, 3.63) is 30.6 Å². The molecule has 0 saturated carbocycles. The summed E-state index contributed by atoms with van der Waals surface area (Å²) in [6.07, 6.45) is 6.92. The van der Waals surface area contributed by atoms with Gasteiger partial charge in [-0.3, -0.25) is 13.9 Å². The number of imidazole rings is 1. The van der Waals surface area contributed by atoms with Crippen molar-refractivity contribution in [1.82, 2.24) is 24.1 Å². The molecule has 4 heterocycles. The average molecular weight is 371 g/mol. The van der Waals surface area contributed by atoms with Gasteiger partial charge < -0.3 is 20.1 Å². The van der Waals surface area contributed by atoms with E-state index in [-0.39, 0.29) is 5.69 Å². The molecule has 27 heavy (non-hydrogen) atoms. The highest BCUT2D eigenvalue weighted by Crippen LogP contribution is 2.29. The molecule has 10 nitrogen and oxygen atoms in total. The maximum absolute atomic E-state index is 12.1. The predicted molar refractivity (Wildman–Crippen MR) is 97.6 cm³/mol. The van der Waals surface area contributed by atoms with Crippen molar-refractivity contribution in [3.8, 4) is 11.3 Å². The van der Waals surface area contributed by atoms with Gasteiger partial charge in [-0.1, -0.05) is 0 Å². The smallest absolute Gasteiger partial charge is 0.269 e. The van der Waals surface area contributed by atoms with Crippen LogP contribution >= 0.6 is 0 Å². The number of hydrogen-bond donors (Lipinski definition) is 1. The monoisotopic (exact) mass is 371 g/mol. The molecule has 2 N–H and O–H groups in total. The number of methoxy groups -OCH3 is 1. The fraction of sp³-hybridized carbons (Fsp3) is 0.412. The highest BCUT2D eigenvalue weighted by atomic mass is 16.5. The summed E-state index contributed by atoms with van der Waals surface area (Å²) in [6.45, 7) is 3.91. The molecule has 0 aliphatic carbocycles. The van der Waals surface area contributed by atoms with E-state index >= 15 is 0 Å². The van der Waals surface area contributed by atoms with Crippen molar-refractivity contribution in [2.75, 3.05) is 44.9 Å². The number of ether oxygens (including phenoxy) is 2. The van der Waals surface area contributed by atoms with Crippen LogP contribution in [0.1, 0.15) is 10.5 Å². The van der Waals surface area contributed by atoms with E-state index in [1.165, 1.54) is 0 Å². The van der Waals surface area contributed by atoms with Gasteiger partial charge in [0.15, 0.2) is 11.3 Å². The number of anilines is 1. The highest BCUT2D eigenvalue weighted by molar-refractivity contribution is 5.99. The van der Waals surface area contributed by atoms with Gasteiger partial charge >= 0.3 is 0 Å². The van der Waals surface area contributed by atoms with Crippen LogP contribution in [0.4, 0.5) is 5.69 Å². The zero-order chi connectivity index (χ0) is 18.8. The van der Waals surface area contributed by atoms with E-state index in [4.69, 9.17) is 15.2 Å². The molecule has 1 saturated heterocycles. The van der Waals surface area contributed by atoms with Gasteiger partial charge in [0.25, 0.3) is 5.91 Å². The number of rotatable bonds is 6. The number of carbonyl (C=O) groups excluding carboxylic acids is 1. The van der Waals surface area contributed by atoms with E-state index in [1.807, 2.05) is 6.20 Å². The fourth-order valence-corrected chi connectivity index (χ4v) is 3.22. The Hall–Kier alpha value is -2.98. The number of amides is 1. The molecule has 4 rings (SSSR count). The van der Waals surface area contributed by atoms with E-state index in [9.17, 15) is 4.79 Å². The van der Waals surface area contributed by atoms with Crippen molar-refractivity contribution in [2.24, 2.45) is 5.73 Å². The molecule has 1 aliphatic heterocycles. The van der Waals surface area contributed by atoms with Crippen molar-refractivity contribution < 1.29 is 14.3 Å². The third-order valence-corrected chi connectivity index (χ3v) is 4.54. The van der Waals surface area contributed by atoms with E-state index in [0.29, 0.717) is 37.7 Å². The second-order valence-corrected chi connectivity index (χ2v) is 6.23. The predicted octanol–water partition coefficient (Wildman–Crippen LogP) is 0.175. The first-order valence-corrected chi connectivity index (χ1v) is 8.69. The van der Waals surface area contributed by atoms with E-state index in [2.05, 4.69) is 20.0 Å². The SMILES string of the molecule is COCCn1cc(-c2c(C(N)=O)nc3c(N4CCOCC4)cncn23)cn1. The van der Waals surface area contributed by atoms with Crippen LogP contribution in [0.2, 0.25) is 0 Å². The first-order chi connectivity index (χ1) is 13.2. The number of hydrogen-bond acceptors (Lipinski definition) is 7. The Morgan fingerprint density at radius 2 is 2.15 bits per heavy atom. The molecule has 0 bridgehead atoms. The van der Waals surface area contributed by atoms with Crippen LogP contribution in [0.3, 0.4) is 0 Å². The number of nitrogens with zero attached hydrogens (tertiary/aromatic N) is 6. The maximum atomic E-state index is 12.1. The number of nitrogens with two attached hydrogens (primary N) is 1. The van der Waals surface area contributed by atoms with E-state index in [0.717, 1.165) is 24.3 Å². The molecule has 3 aromatic heterocycles. The maximum Gasteiger partial charge on any atom is 0.269 e. The number of fused-ring (bicyclic) bond motifs is 1. The lowest BCUT2D eigenvalue weighted by Crippen LogP contribution is -2.36. The first kappa shape index (κ1) is 17.4. The van der Waals surface area contributed by atoms with Gasteiger partial charge in [-0.15, -0.1) is 0 Å². The lowest BCUT2D eigenvalue weighted by atomic mass is 10.2. The molecule has 142 valence electrons. The second-order valence-electron chi connectivity index (χ2n) is 6.23. The van der Waals surface area contributed by atoms with Crippen LogP contribution in [-0.4, -0.2) is 70.1 Å². The van der Waals surface area contributed by atoms with Gasteiger partial charge in [0.1, 0.15) is 6.33 Å². The minimum absolute atomic E-state index is 0.198. The average Bonchev–Trinajstić information content (AvgIpc) is 3.31. The number of aromatic nitrogens is 5. The van der Waals surface area contributed by atoms with Gasteiger partial charge in [-0.25, -0.2) is 9.97 Å². The normalized spacial score (nSPS) is 14.8. The molecule has 1 fully saturated rings. The second kappa shape index (κ2) is 7.33. The van der Waals surface area contributed by atoms with Gasteiger partial charge in [0.2, 0.25) is 0 Å². The fourth-order valence-electron chi connectivity index (χ4n) is 3.22. The van der Waals surface area contributed by atoms with E-state index in [1.54, 1.807) is 34.9 Å². The quantitative estimate of drug-likeness (QED) is 0.657. The number of primary amides is 1. The van der Waals surface area contributed by atoms with Gasteiger partial charge in [-0.05, 0) is 0 Å². The molecular weight excluding hydrogens is 350 g/mol. The molecule has 0 aromatic carbocycles. The van der Waals surface area contributed by atoms with Crippen LogP contribution in [0, 0.1) is 0 Å². The molecule has 1 aliphatic rings.